The van der Waals surface area contributed by atoms with Crippen molar-refractivity contribution in [2.75, 3.05) is 32.9 Å². The van der Waals surface area contributed by atoms with Crippen LogP contribution in [0, 0.1) is 5.41 Å². The lowest BCUT2D eigenvalue weighted by molar-refractivity contribution is -0.0202. The first kappa shape index (κ1) is 9.44. The van der Waals surface area contributed by atoms with Crippen molar-refractivity contribution >= 4 is 5.84 Å². The quantitative estimate of drug-likeness (QED) is 0.363. The zero-order valence-corrected chi connectivity index (χ0v) is 6.99. The Morgan fingerprint density at radius 2 is 2.50 bits per heavy atom. The van der Waals surface area contributed by atoms with Gasteiger partial charge in [0.1, 0.15) is 5.84 Å². The molecule has 1 heterocycles. The Kier molecular flexibility index (Phi) is 3.46. The Bertz CT molecular complexity index is 163. The number of ether oxygens (including phenoxy) is 1. The Morgan fingerprint density at radius 3 is 3.08 bits per heavy atom. The van der Waals surface area contributed by atoms with Crippen LogP contribution in [0.2, 0.25) is 0 Å². The molecule has 0 saturated carbocycles. The summed E-state index contributed by atoms with van der Waals surface area (Å²) in [5.74, 6) is 0.135. The minimum Gasteiger partial charge on any atom is -0.395 e. The van der Waals surface area contributed by atoms with Gasteiger partial charge in [-0.05, 0) is 0 Å². The molecule has 0 aromatic rings. The number of rotatable bonds is 3. The minimum absolute atomic E-state index is 0.00245. The van der Waals surface area contributed by atoms with Crippen LogP contribution in [0.5, 0.6) is 0 Å². The Balaban J connectivity index is 2.41. The third kappa shape index (κ3) is 2.44. The number of hydrogen-bond acceptors (Lipinski definition) is 4. The van der Waals surface area contributed by atoms with Crippen LogP contribution in [0.25, 0.3) is 0 Å². The molecule has 1 atom stereocenters. The van der Waals surface area contributed by atoms with Gasteiger partial charge in [-0.25, -0.2) is 0 Å². The summed E-state index contributed by atoms with van der Waals surface area (Å²) >= 11 is 0. The van der Waals surface area contributed by atoms with Crippen molar-refractivity contribution in [1.82, 2.24) is 4.90 Å². The molecule has 0 aromatic carbocycles. The maximum Gasteiger partial charge on any atom is 0.105 e. The van der Waals surface area contributed by atoms with Crippen molar-refractivity contribution in [2.24, 2.45) is 5.73 Å². The minimum atomic E-state index is 0.00245. The first-order valence-electron chi connectivity index (χ1n) is 3.99. The zero-order chi connectivity index (χ0) is 8.97. The first-order chi connectivity index (χ1) is 5.74. The molecular formula is C7H15N3O2. The van der Waals surface area contributed by atoms with E-state index in [1.165, 1.54) is 0 Å². The van der Waals surface area contributed by atoms with Crippen molar-refractivity contribution < 1.29 is 9.84 Å². The van der Waals surface area contributed by atoms with E-state index in [1.807, 2.05) is 4.90 Å². The van der Waals surface area contributed by atoms with Crippen molar-refractivity contribution in [3.05, 3.63) is 0 Å². The second kappa shape index (κ2) is 4.39. The number of hydrogen-bond donors (Lipinski definition) is 3. The molecule has 0 bridgehead atoms. The van der Waals surface area contributed by atoms with Crippen LogP contribution in [0.4, 0.5) is 0 Å². The molecule has 0 aromatic heterocycles. The molecule has 1 fully saturated rings. The summed E-state index contributed by atoms with van der Waals surface area (Å²) in [6.07, 6.45) is 0. The number of nitrogens with one attached hydrogen (secondary N) is 1. The molecule has 0 aliphatic carbocycles. The van der Waals surface area contributed by atoms with Crippen molar-refractivity contribution in [1.29, 1.82) is 5.41 Å². The lowest BCUT2D eigenvalue weighted by atomic mass is 10.2. The topological polar surface area (TPSA) is 82.6 Å². The fraction of sp³-hybridized carbons (Fsp3) is 0.857. The molecule has 0 amide bonds. The maximum atomic E-state index is 8.94. The molecular weight excluding hydrogens is 158 g/mol. The van der Waals surface area contributed by atoms with E-state index in [1.54, 1.807) is 0 Å². The van der Waals surface area contributed by atoms with Crippen molar-refractivity contribution in [2.45, 2.75) is 6.04 Å². The van der Waals surface area contributed by atoms with Gasteiger partial charge in [-0.15, -0.1) is 0 Å². The highest BCUT2D eigenvalue weighted by Crippen LogP contribution is 2.04. The second-order valence-electron chi connectivity index (χ2n) is 2.91. The SMILES string of the molecule is N=C(N)CN1CCOCC1CO. The van der Waals surface area contributed by atoms with E-state index >= 15 is 0 Å². The van der Waals surface area contributed by atoms with E-state index in [0.717, 1.165) is 6.54 Å². The van der Waals surface area contributed by atoms with Gasteiger partial charge in [0.05, 0.1) is 32.4 Å². The summed E-state index contributed by atoms with van der Waals surface area (Å²) in [6, 6.07) is 0.00245. The average molecular weight is 173 g/mol. The molecule has 1 aliphatic heterocycles. The van der Waals surface area contributed by atoms with E-state index in [0.29, 0.717) is 19.8 Å². The molecule has 12 heavy (non-hydrogen) atoms. The molecule has 1 aliphatic rings. The smallest absolute Gasteiger partial charge is 0.105 e. The molecule has 1 saturated heterocycles. The highest BCUT2D eigenvalue weighted by molar-refractivity contribution is 5.78. The zero-order valence-electron chi connectivity index (χ0n) is 6.99. The summed E-state index contributed by atoms with van der Waals surface area (Å²) in [6.45, 7) is 2.42. The van der Waals surface area contributed by atoms with Gasteiger partial charge < -0.3 is 15.6 Å². The van der Waals surface area contributed by atoms with Crippen molar-refractivity contribution in [3.8, 4) is 0 Å². The van der Waals surface area contributed by atoms with Crippen LogP contribution >= 0.6 is 0 Å². The lowest BCUT2D eigenvalue weighted by Gasteiger charge is -2.33. The number of aliphatic hydroxyl groups excluding tert-OH is 1. The van der Waals surface area contributed by atoms with Gasteiger partial charge in [0.2, 0.25) is 0 Å². The Hall–Kier alpha value is -0.650. The second-order valence-corrected chi connectivity index (χ2v) is 2.91. The third-order valence-corrected chi connectivity index (χ3v) is 1.93. The summed E-state index contributed by atoms with van der Waals surface area (Å²) in [5.41, 5.74) is 5.26. The van der Waals surface area contributed by atoms with Crippen LogP contribution in [0.3, 0.4) is 0 Å². The maximum absolute atomic E-state index is 8.94. The number of nitrogens with two attached hydrogens (primary N) is 1. The van der Waals surface area contributed by atoms with Gasteiger partial charge in [0.15, 0.2) is 0 Å². The predicted octanol–water partition coefficient (Wildman–Crippen LogP) is -1.38. The van der Waals surface area contributed by atoms with Gasteiger partial charge >= 0.3 is 0 Å². The standard InChI is InChI=1S/C7H15N3O2/c8-7(9)3-10-1-2-12-5-6(10)4-11/h6,11H,1-5H2,(H3,8,9). The molecule has 4 N–H and O–H groups in total. The monoisotopic (exact) mass is 173 g/mol. The van der Waals surface area contributed by atoms with E-state index in [9.17, 15) is 0 Å². The average Bonchev–Trinajstić information content (AvgIpc) is 2.04. The summed E-state index contributed by atoms with van der Waals surface area (Å²) in [4.78, 5) is 1.96. The molecule has 1 unspecified atom stereocenters. The van der Waals surface area contributed by atoms with Gasteiger partial charge in [0, 0.05) is 6.54 Å². The fourth-order valence-corrected chi connectivity index (χ4v) is 1.28. The van der Waals surface area contributed by atoms with Crippen LogP contribution in [0.15, 0.2) is 0 Å². The highest BCUT2D eigenvalue weighted by Gasteiger charge is 2.22. The molecule has 0 spiro atoms. The number of morpholine rings is 1. The number of amidine groups is 1. The first-order valence-corrected chi connectivity index (χ1v) is 3.99. The van der Waals surface area contributed by atoms with E-state index < -0.39 is 0 Å². The van der Waals surface area contributed by atoms with Gasteiger partial charge in [0.25, 0.3) is 0 Å². The molecule has 5 nitrogen and oxygen atoms in total. The third-order valence-electron chi connectivity index (χ3n) is 1.93. The van der Waals surface area contributed by atoms with E-state index in [4.69, 9.17) is 21.0 Å². The van der Waals surface area contributed by atoms with Crippen LogP contribution in [-0.4, -0.2) is 54.8 Å². The van der Waals surface area contributed by atoms with Gasteiger partial charge in [-0.3, -0.25) is 10.3 Å². The van der Waals surface area contributed by atoms with Gasteiger partial charge in [-0.1, -0.05) is 0 Å². The largest absolute Gasteiger partial charge is 0.395 e. The number of nitrogens with zero attached hydrogens (tertiary/aromatic N) is 1. The van der Waals surface area contributed by atoms with E-state index in [2.05, 4.69) is 0 Å². The summed E-state index contributed by atoms with van der Waals surface area (Å²) in [7, 11) is 0. The number of aliphatic hydroxyl groups is 1. The van der Waals surface area contributed by atoms with Gasteiger partial charge in [-0.2, -0.15) is 0 Å². The van der Waals surface area contributed by atoms with Crippen LogP contribution in [-0.2, 0) is 4.74 Å². The predicted molar refractivity (Wildman–Crippen MR) is 45.2 cm³/mol. The fourth-order valence-electron chi connectivity index (χ4n) is 1.28. The summed E-state index contributed by atoms with van der Waals surface area (Å²) in [5, 5.41) is 16.1. The molecule has 0 radical (unpaired) electrons. The Morgan fingerprint density at radius 1 is 1.75 bits per heavy atom. The summed E-state index contributed by atoms with van der Waals surface area (Å²) < 4.78 is 5.17. The van der Waals surface area contributed by atoms with Crippen LogP contribution < -0.4 is 5.73 Å². The lowest BCUT2D eigenvalue weighted by Crippen LogP contribution is -2.50. The molecule has 70 valence electrons. The molecule has 5 heteroatoms. The van der Waals surface area contributed by atoms with Crippen LogP contribution in [0.1, 0.15) is 0 Å². The Labute approximate surface area is 71.6 Å². The van der Waals surface area contributed by atoms with E-state index in [-0.39, 0.29) is 18.5 Å². The van der Waals surface area contributed by atoms with Crippen molar-refractivity contribution in [3.63, 3.8) is 0 Å². The highest BCUT2D eigenvalue weighted by atomic mass is 16.5. The normalized spacial score (nSPS) is 25.6. The molecule has 1 rings (SSSR count).